The number of hydrogen-bond donors (Lipinski definition) is 0. The number of nitrogens with zero attached hydrogens (tertiary/aromatic N) is 3. The van der Waals surface area contributed by atoms with Crippen LogP contribution in [0.3, 0.4) is 0 Å². The first-order valence-electron chi connectivity index (χ1n) is 9.82. The summed E-state index contributed by atoms with van der Waals surface area (Å²) >= 11 is 0. The molecule has 148 valence electrons. The van der Waals surface area contributed by atoms with Crippen LogP contribution in [0.1, 0.15) is 40.4 Å². The van der Waals surface area contributed by atoms with Crippen LogP contribution in [0.2, 0.25) is 0 Å². The zero-order valence-corrected chi connectivity index (χ0v) is 16.1. The molecule has 0 N–H and O–H groups in total. The average Bonchev–Trinajstić information content (AvgIpc) is 3.45. The van der Waals surface area contributed by atoms with E-state index < -0.39 is 12.1 Å². The van der Waals surface area contributed by atoms with Crippen LogP contribution in [-0.4, -0.2) is 39.6 Å². The Morgan fingerprint density at radius 2 is 1.62 bits per heavy atom. The minimum Gasteiger partial charge on any atom is -0.444 e. The third kappa shape index (κ3) is 4.54. The summed E-state index contributed by atoms with van der Waals surface area (Å²) in [5.74, 6) is -0.718. The first-order chi connectivity index (χ1) is 14.2. The number of ether oxygens (including phenoxy) is 1. The fraction of sp³-hybridized carbons (Fsp3) is 0.261. The molecule has 29 heavy (non-hydrogen) atoms. The summed E-state index contributed by atoms with van der Waals surface area (Å²) in [6, 6.07) is 19.0. The lowest BCUT2D eigenvalue weighted by Gasteiger charge is -2.23. The molecule has 1 saturated heterocycles. The van der Waals surface area contributed by atoms with Crippen LogP contribution < -0.4 is 0 Å². The number of hydrogen-bond acceptors (Lipinski definition) is 4. The van der Waals surface area contributed by atoms with Crippen LogP contribution >= 0.6 is 0 Å². The van der Waals surface area contributed by atoms with Crippen molar-refractivity contribution in [2.45, 2.75) is 25.5 Å². The number of esters is 1. The fourth-order valence-electron chi connectivity index (χ4n) is 3.49. The van der Waals surface area contributed by atoms with E-state index in [0.717, 1.165) is 18.4 Å². The van der Waals surface area contributed by atoms with Gasteiger partial charge in [0.1, 0.15) is 0 Å². The van der Waals surface area contributed by atoms with E-state index in [1.54, 1.807) is 15.8 Å². The van der Waals surface area contributed by atoms with Gasteiger partial charge in [-0.1, -0.05) is 60.7 Å². The van der Waals surface area contributed by atoms with Crippen LogP contribution in [0.5, 0.6) is 0 Å². The predicted molar refractivity (Wildman–Crippen MR) is 108 cm³/mol. The van der Waals surface area contributed by atoms with Gasteiger partial charge in [0, 0.05) is 24.8 Å². The van der Waals surface area contributed by atoms with Crippen LogP contribution in [-0.2, 0) is 16.1 Å². The van der Waals surface area contributed by atoms with Crippen LogP contribution in [0.25, 0.3) is 0 Å². The smallest absolute Gasteiger partial charge is 0.342 e. The number of likely N-dealkylation sites (tertiary alicyclic amines) is 1. The maximum Gasteiger partial charge on any atom is 0.342 e. The van der Waals surface area contributed by atoms with Crippen molar-refractivity contribution in [2.75, 3.05) is 13.1 Å². The van der Waals surface area contributed by atoms with E-state index in [1.165, 1.54) is 6.20 Å². The van der Waals surface area contributed by atoms with Gasteiger partial charge in [0.25, 0.3) is 5.91 Å². The Hall–Kier alpha value is -3.41. The van der Waals surface area contributed by atoms with Crippen LogP contribution in [0, 0.1) is 0 Å². The topological polar surface area (TPSA) is 64.4 Å². The highest BCUT2D eigenvalue weighted by molar-refractivity contribution is 5.92. The third-order valence-corrected chi connectivity index (χ3v) is 5.03. The van der Waals surface area contributed by atoms with Gasteiger partial charge in [-0.05, 0) is 18.4 Å². The molecule has 6 nitrogen and oxygen atoms in total. The van der Waals surface area contributed by atoms with E-state index >= 15 is 0 Å². The van der Waals surface area contributed by atoms with E-state index in [1.807, 2.05) is 60.7 Å². The van der Waals surface area contributed by atoms with Gasteiger partial charge in [-0.25, -0.2) is 4.79 Å². The Balaban J connectivity index is 1.50. The molecule has 2 aromatic carbocycles. The maximum absolute atomic E-state index is 13.0. The van der Waals surface area contributed by atoms with Gasteiger partial charge in [0.05, 0.1) is 18.3 Å². The molecule has 0 aliphatic carbocycles. The van der Waals surface area contributed by atoms with Gasteiger partial charge in [-0.15, -0.1) is 0 Å². The molecule has 3 aromatic rings. The van der Waals surface area contributed by atoms with Crippen molar-refractivity contribution in [3.05, 3.63) is 89.7 Å². The molecule has 1 fully saturated rings. The first kappa shape index (κ1) is 18.9. The van der Waals surface area contributed by atoms with Crippen molar-refractivity contribution in [3.63, 3.8) is 0 Å². The zero-order chi connectivity index (χ0) is 20.1. The number of carbonyl (C=O) groups is 2. The molecule has 0 radical (unpaired) electrons. The average molecular weight is 389 g/mol. The summed E-state index contributed by atoms with van der Waals surface area (Å²) in [4.78, 5) is 27.5. The molecule has 6 heteroatoms. The van der Waals surface area contributed by atoms with E-state index in [-0.39, 0.29) is 5.91 Å². The van der Waals surface area contributed by atoms with Gasteiger partial charge < -0.3 is 9.64 Å². The first-order valence-corrected chi connectivity index (χ1v) is 9.82. The van der Waals surface area contributed by atoms with Gasteiger partial charge in [-0.3, -0.25) is 9.48 Å². The molecule has 1 unspecified atom stereocenters. The van der Waals surface area contributed by atoms with E-state index in [4.69, 9.17) is 4.74 Å². The molecule has 0 spiro atoms. The van der Waals surface area contributed by atoms with Crippen molar-refractivity contribution >= 4 is 11.9 Å². The number of amides is 1. The molecule has 1 aliphatic rings. The molecule has 0 saturated carbocycles. The lowest BCUT2D eigenvalue weighted by Crippen LogP contribution is -2.34. The number of carbonyl (C=O) groups excluding carboxylic acids is 2. The highest BCUT2D eigenvalue weighted by Gasteiger charge is 2.31. The Morgan fingerprint density at radius 1 is 0.966 bits per heavy atom. The van der Waals surface area contributed by atoms with Crippen LogP contribution in [0.15, 0.2) is 73.1 Å². The second-order valence-corrected chi connectivity index (χ2v) is 7.14. The number of rotatable bonds is 6. The minimum absolute atomic E-state index is 0.168. The molecule has 1 amide bonds. The second kappa shape index (κ2) is 8.73. The maximum atomic E-state index is 13.0. The minimum atomic E-state index is -0.945. The SMILES string of the molecule is O=C(OC(C(=O)N1CCCC1)c1ccccc1)c1cnn(Cc2ccccc2)c1. The van der Waals surface area contributed by atoms with Crippen LogP contribution in [0.4, 0.5) is 0 Å². The molecular formula is C23H23N3O3. The lowest BCUT2D eigenvalue weighted by atomic mass is 10.1. The molecule has 1 aliphatic heterocycles. The normalized spacial score (nSPS) is 14.6. The predicted octanol–water partition coefficient (Wildman–Crippen LogP) is 3.45. The van der Waals surface area contributed by atoms with E-state index in [0.29, 0.717) is 30.8 Å². The lowest BCUT2D eigenvalue weighted by molar-refractivity contribution is -0.140. The van der Waals surface area contributed by atoms with Gasteiger partial charge in [-0.2, -0.15) is 5.10 Å². The molecular weight excluding hydrogens is 366 g/mol. The van der Waals surface area contributed by atoms with E-state index in [9.17, 15) is 9.59 Å². The Labute approximate surface area is 169 Å². The third-order valence-electron chi connectivity index (χ3n) is 5.03. The quantitative estimate of drug-likeness (QED) is 0.606. The van der Waals surface area contributed by atoms with E-state index in [2.05, 4.69) is 5.10 Å². The van der Waals surface area contributed by atoms with Crippen molar-refractivity contribution in [3.8, 4) is 0 Å². The number of aromatic nitrogens is 2. The molecule has 1 atom stereocenters. The van der Waals surface area contributed by atoms with Gasteiger partial charge >= 0.3 is 5.97 Å². The van der Waals surface area contributed by atoms with Gasteiger partial charge in [0.15, 0.2) is 0 Å². The highest BCUT2D eigenvalue weighted by atomic mass is 16.5. The van der Waals surface area contributed by atoms with Crippen molar-refractivity contribution in [1.29, 1.82) is 0 Å². The fourth-order valence-corrected chi connectivity index (χ4v) is 3.49. The van der Waals surface area contributed by atoms with Crippen molar-refractivity contribution in [1.82, 2.24) is 14.7 Å². The summed E-state index contributed by atoms with van der Waals surface area (Å²) in [6.45, 7) is 1.96. The van der Waals surface area contributed by atoms with Crippen molar-refractivity contribution < 1.29 is 14.3 Å². The summed E-state index contributed by atoms with van der Waals surface area (Å²) in [5, 5.41) is 4.26. The number of benzene rings is 2. The Bertz CT molecular complexity index is 963. The monoisotopic (exact) mass is 389 g/mol. The Morgan fingerprint density at radius 3 is 2.31 bits per heavy atom. The second-order valence-electron chi connectivity index (χ2n) is 7.14. The summed E-state index contributed by atoms with van der Waals surface area (Å²) in [7, 11) is 0. The molecule has 2 heterocycles. The summed E-state index contributed by atoms with van der Waals surface area (Å²) < 4.78 is 7.36. The standard InChI is InChI=1S/C23H23N3O3/c27-22(25-13-7-8-14-25)21(19-11-5-2-6-12-19)29-23(28)20-15-24-26(17-20)16-18-9-3-1-4-10-18/h1-6,9-12,15,17,21H,7-8,13-14,16H2. The molecule has 4 rings (SSSR count). The zero-order valence-electron chi connectivity index (χ0n) is 16.1. The molecule has 1 aromatic heterocycles. The summed E-state index contributed by atoms with van der Waals surface area (Å²) in [5.41, 5.74) is 2.09. The van der Waals surface area contributed by atoms with Crippen molar-refractivity contribution in [2.24, 2.45) is 0 Å². The Kier molecular flexibility index (Phi) is 5.70. The highest BCUT2D eigenvalue weighted by Crippen LogP contribution is 2.24. The van der Waals surface area contributed by atoms with Gasteiger partial charge in [0.2, 0.25) is 6.10 Å². The largest absolute Gasteiger partial charge is 0.444 e. The summed E-state index contributed by atoms with van der Waals surface area (Å²) in [6.07, 6.45) is 4.14. The molecule has 0 bridgehead atoms.